The summed E-state index contributed by atoms with van der Waals surface area (Å²) in [5.41, 5.74) is 3.42. The van der Waals surface area contributed by atoms with Gasteiger partial charge in [0.1, 0.15) is 11.6 Å². The lowest BCUT2D eigenvalue weighted by atomic mass is 10.2. The van der Waals surface area contributed by atoms with Crippen molar-refractivity contribution < 1.29 is 14.5 Å². The summed E-state index contributed by atoms with van der Waals surface area (Å²) in [6.45, 7) is -0.256. The fourth-order valence-corrected chi connectivity index (χ4v) is 3.14. The van der Waals surface area contributed by atoms with Crippen LogP contribution in [0.3, 0.4) is 0 Å². The normalized spacial score (nSPS) is 10.7. The molecule has 0 saturated carbocycles. The van der Waals surface area contributed by atoms with Crippen molar-refractivity contribution in [2.45, 2.75) is 0 Å². The first-order chi connectivity index (χ1) is 14.5. The quantitative estimate of drug-likeness (QED) is 0.385. The Morgan fingerprint density at radius 1 is 1.10 bits per heavy atom. The number of rotatable bonds is 6. The van der Waals surface area contributed by atoms with Gasteiger partial charge in [0.2, 0.25) is 0 Å². The van der Waals surface area contributed by atoms with Crippen LogP contribution in [0.25, 0.3) is 22.4 Å². The van der Waals surface area contributed by atoms with E-state index in [1.165, 1.54) is 18.2 Å². The molecule has 0 unspecified atom stereocenters. The average molecular weight is 402 g/mol. The van der Waals surface area contributed by atoms with Crippen LogP contribution in [-0.4, -0.2) is 27.0 Å². The number of non-ortho nitro benzene ring substituents is 1. The van der Waals surface area contributed by atoms with Crippen LogP contribution < -0.4 is 10.1 Å². The fraction of sp³-hybridized carbons (Fsp3) is 0.0909. The number of anilines is 1. The Labute approximate surface area is 171 Å². The molecule has 4 rings (SSSR count). The first-order valence-electron chi connectivity index (χ1n) is 9.20. The Hall–Kier alpha value is -4.20. The highest BCUT2D eigenvalue weighted by molar-refractivity contribution is 5.92. The molecule has 1 amide bonds. The van der Waals surface area contributed by atoms with E-state index in [2.05, 4.69) is 10.3 Å². The second kappa shape index (κ2) is 8.04. The van der Waals surface area contributed by atoms with E-state index >= 15 is 0 Å². The van der Waals surface area contributed by atoms with Crippen molar-refractivity contribution in [3.63, 3.8) is 0 Å². The number of hydrogen-bond acceptors (Lipinski definition) is 5. The van der Waals surface area contributed by atoms with Crippen LogP contribution in [0.15, 0.2) is 72.8 Å². The highest BCUT2D eigenvalue weighted by atomic mass is 16.6. The minimum absolute atomic E-state index is 0.0922. The third-order valence-corrected chi connectivity index (χ3v) is 4.61. The van der Waals surface area contributed by atoms with Crippen molar-refractivity contribution in [3.05, 3.63) is 82.9 Å². The SMILES string of the molecule is Cn1c(-c2ccc(NC(=O)COc3cccc([N+](=O)[O-])c3)cc2)nc2ccccc21. The van der Waals surface area contributed by atoms with Crippen molar-refractivity contribution in [1.82, 2.24) is 9.55 Å². The van der Waals surface area contributed by atoms with E-state index in [0.29, 0.717) is 5.69 Å². The number of imidazole rings is 1. The lowest BCUT2D eigenvalue weighted by molar-refractivity contribution is -0.384. The number of amides is 1. The van der Waals surface area contributed by atoms with E-state index in [1.54, 1.807) is 18.2 Å². The van der Waals surface area contributed by atoms with E-state index in [9.17, 15) is 14.9 Å². The molecule has 1 N–H and O–H groups in total. The van der Waals surface area contributed by atoms with E-state index in [-0.39, 0.29) is 24.0 Å². The summed E-state index contributed by atoms with van der Waals surface area (Å²) in [4.78, 5) is 27.1. The molecule has 0 radical (unpaired) electrons. The number of ether oxygens (including phenoxy) is 1. The van der Waals surface area contributed by atoms with Gasteiger partial charge in [0.25, 0.3) is 11.6 Å². The zero-order valence-electron chi connectivity index (χ0n) is 16.1. The average Bonchev–Trinajstić information content (AvgIpc) is 3.10. The van der Waals surface area contributed by atoms with E-state index in [1.807, 2.05) is 48.0 Å². The summed E-state index contributed by atoms with van der Waals surface area (Å²) < 4.78 is 7.37. The number of carbonyl (C=O) groups excluding carboxylic acids is 1. The van der Waals surface area contributed by atoms with Gasteiger partial charge in [0.05, 0.1) is 22.0 Å². The van der Waals surface area contributed by atoms with Crippen LogP contribution in [0.2, 0.25) is 0 Å². The predicted molar refractivity (Wildman–Crippen MR) is 113 cm³/mol. The molecule has 0 fully saturated rings. The Morgan fingerprint density at radius 2 is 1.87 bits per heavy atom. The summed E-state index contributed by atoms with van der Waals surface area (Å²) >= 11 is 0. The first kappa shape index (κ1) is 19.1. The third-order valence-electron chi connectivity index (χ3n) is 4.61. The molecule has 0 atom stereocenters. The molecule has 1 heterocycles. The van der Waals surface area contributed by atoms with Crippen molar-refractivity contribution in [1.29, 1.82) is 0 Å². The number of para-hydroxylation sites is 2. The monoisotopic (exact) mass is 402 g/mol. The molecule has 0 aliphatic heterocycles. The van der Waals surface area contributed by atoms with Gasteiger partial charge in [0.15, 0.2) is 6.61 Å². The number of aromatic nitrogens is 2. The van der Waals surface area contributed by atoms with Crippen LogP contribution >= 0.6 is 0 Å². The highest BCUT2D eigenvalue weighted by Crippen LogP contribution is 2.25. The highest BCUT2D eigenvalue weighted by Gasteiger charge is 2.11. The van der Waals surface area contributed by atoms with Crippen molar-refractivity contribution in [2.75, 3.05) is 11.9 Å². The topological polar surface area (TPSA) is 99.3 Å². The molecule has 0 bridgehead atoms. The number of aryl methyl sites for hydroxylation is 1. The molecule has 0 spiro atoms. The van der Waals surface area contributed by atoms with Gasteiger partial charge in [-0.05, 0) is 42.5 Å². The number of benzene rings is 3. The molecule has 150 valence electrons. The molecule has 0 aliphatic carbocycles. The Bertz CT molecular complexity index is 1230. The number of nitrogens with zero attached hydrogens (tertiary/aromatic N) is 3. The summed E-state index contributed by atoms with van der Waals surface area (Å²) in [5, 5.41) is 13.5. The summed E-state index contributed by atoms with van der Waals surface area (Å²) in [6, 6.07) is 21.0. The molecule has 0 aliphatic rings. The van der Waals surface area contributed by atoms with Crippen molar-refractivity contribution in [3.8, 4) is 17.1 Å². The van der Waals surface area contributed by atoms with Gasteiger partial charge in [-0.2, -0.15) is 0 Å². The number of nitrogens with one attached hydrogen (secondary N) is 1. The van der Waals surface area contributed by atoms with Crippen LogP contribution in [0.1, 0.15) is 0 Å². The molecule has 4 aromatic rings. The maximum atomic E-state index is 12.1. The zero-order chi connectivity index (χ0) is 21.1. The van der Waals surface area contributed by atoms with Gasteiger partial charge in [-0.3, -0.25) is 14.9 Å². The smallest absolute Gasteiger partial charge is 0.273 e. The Kier molecular flexibility index (Phi) is 5.13. The van der Waals surface area contributed by atoms with E-state index in [4.69, 9.17) is 4.74 Å². The second-order valence-electron chi connectivity index (χ2n) is 6.65. The predicted octanol–water partition coefficient (Wildman–Crippen LogP) is 4.17. The molecular weight excluding hydrogens is 384 g/mol. The molecule has 3 aromatic carbocycles. The van der Waals surface area contributed by atoms with Crippen LogP contribution in [0, 0.1) is 10.1 Å². The van der Waals surface area contributed by atoms with Crippen LogP contribution in [-0.2, 0) is 11.8 Å². The van der Waals surface area contributed by atoms with Gasteiger partial charge in [0, 0.05) is 24.4 Å². The summed E-state index contributed by atoms with van der Waals surface area (Å²) in [6.07, 6.45) is 0. The van der Waals surface area contributed by atoms with Gasteiger partial charge in [-0.1, -0.05) is 18.2 Å². The van der Waals surface area contributed by atoms with Gasteiger partial charge < -0.3 is 14.6 Å². The molecule has 1 aromatic heterocycles. The molecule has 0 saturated heterocycles. The first-order valence-corrected chi connectivity index (χ1v) is 9.20. The maximum absolute atomic E-state index is 12.1. The lowest BCUT2D eigenvalue weighted by Gasteiger charge is -2.08. The summed E-state index contributed by atoms with van der Waals surface area (Å²) in [5.74, 6) is 0.733. The van der Waals surface area contributed by atoms with Crippen LogP contribution in [0.4, 0.5) is 11.4 Å². The Balaban J connectivity index is 1.40. The second-order valence-corrected chi connectivity index (χ2v) is 6.65. The standard InChI is InChI=1S/C22H18N4O4/c1-25-20-8-3-2-7-19(20)24-22(25)15-9-11-16(12-10-15)23-21(27)14-30-18-6-4-5-17(13-18)26(28)29/h2-13H,14H2,1H3,(H,23,27). The lowest BCUT2D eigenvalue weighted by Crippen LogP contribution is -2.20. The van der Waals surface area contributed by atoms with E-state index in [0.717, 1.165) is 22.4 Å². The Morgan fingerprint density at radius 3 is 2.60 bits per heavy atom. The minimum atomic E-state index is -0.515. The minimum Gasteiger partial charge on any atom is -0.484 e. The molecule has 8 nitrogen and oxygen atoms in total. The number of nitro benzene ring substituents is 1. The van der Waals surface area contributed by atoms with Gasteiger partial charge in [-0.25, -0.2) is 4.98 Å². The third kappa shape index (κ3) is 3.97. The molecule has 8 heteroatoms. The van der Waals surface area contributed by atoms with Crippen molar-refractivity contribution >= 4 is 28.3 Å². The maximum Gasteiger partial charge on any atom is 0.273 e. The molecular formula is C22H18N4O4. The molecule has 30 heavy (non-hydrogen) atoms. The van der Waals surface area contributed by atoms with Gasteiger partial charge in [-0.15, -0.1) is 0 Å². The number of hydrogen-bond donors (Lipinski definition) is 1. The zero-order valence-corrected chi connectivity index (χ0v) is 16.1. The van der Waals surface area contributed by atoms with Gasteiger partial charge >= 0.3 is 0 Å². The largest absolute Gasteiger partial charge is 0.484 e. The number of fused-ring (bicyclic) bond motifs is 1. The van der Waals surface area contributed by atoms with Crippen molar-refractivity contribution in [2.24, 2.45) is 7.05 Å². The van der Waals surface area contributed by atoms with E-state index < -0.39 is 4.92 Å². The number of nitro groups is 1. The summed E-state index contributed by atoms with van der Waals surface area (Å²) in [7, 11) is 1.96. The number of carbonyl (C=O) groups is 1. The van der Waals surface area contributed by atoms with Crippen LogP contribution in [0.5, 0.6) is 5.75 Å². The fourth-order valence-electron chi connectivity index (χ4n) is 3.14.